The molecule has 0 aliphatic rings. The fourth-order valence-electron chi connectivity index (χ4n) is 2.72. The van der Waals surface area contributed by atoms with E-state index in [1.807, 2.05) is 24.3 Å². The standard InChI is InChI=1S/C21H16BrClN2O5/c1-29-18-9-14-5-3-2-4-13(14)8-15(18)21(28)25-24-10-12-6-16(22)20(17(23)7-12)30-11-19(26)27/h2-10H,11H2,1H3,(H,25,28)(H,26,27)/b24-10-. The quantitative estimate of drug-likeness (QED) is 0.375. The molecule has 30 heavy (non-hydrogen) atoms. The minimum atomic E-state index is -1.12. The summed E-state index contributed by atoms with van der Waals surface area (Å²) in [6, 6.07) is 14.3. The van der Waals surface area contributed by atoms with Crippen LogP contribution in [0.15, 0.2) is 58.1 Å². The highest BCUT2D eigenvalue weighted by Crippen LogP contribution is 2.34. The number of fused-ring (bicyclic) bond motifs is 1. The molecule has 0 fully saturated rings. The van der Waals surface area contributed by atoms with Crippen molar-refractivity contribution in [2.75, 3.05) is 13.7 Å². The lowest BCUT2D eigenvalue weighted by molar-refractivity contribution is -0.139. The first-order chi connectivity index (χ1) is 14.4. The number of benzene rings is 3. The number of halogens is 2. The van der Waals surface area contributed by atoms with Crippen molar-refractivity contribution in [1.82, 2.24) is 5.43 Å². The Morgan fingerprint density at radius 1 is 1.20 bits per heavy atom. The highest BCUT2D eigenvalue weighted by atomic mass is 79.9. The van der Waals surface area contributed by atoms with Gasteiger partial charge in [0.1, 0.15) is 5.75 Å². The van der Waals surface area contributed by atoms with Crippen molar-refractivity contribution >= 4 is 56.4 Å². The van der Waals surface area contributed by atoms with Crippen LogP contribution >= 0.6 is 27.5 Å². The third-order valence-corrected chi connectivity index (χ3v) is 4.92. The Labute approximate surface area is 185 Å². The van der Waals surface area contributed by atoms with E-state index in [1.165, 1.54) is 19.4 Å². The Morgan fingerprint density at radius 3 is 2.53 bits per heavy atom. The lowest BCUT2D eigenvalue weighted by atomic mass is 10.1. The Kier molecular flexibility index (Phi) is 6.91. The molecular weight excluding hydrogens is 476 g/mol. The second-order valence-electron chi connectivity index (χ2n) is 6.09. The molecule has 0 aromatic heterocycles. The zero-order valence-electron chi connectivity index (χ0n) is 15.7. The zero-order chi connectivity index (χ0) is 21.7. The van der Waals surface area contributed by atoms with Crippen molar-refractivity contribution in [2.45, 2.75) is 0 Å². The lowest BCUT2D eigenvalue weighted by Gasteiger charge is -2.10. The number of carboxylic acids is 1. The number of nitrogens with zero attached hydrogens (tertiary/aromatic N) is 1. The van der Waals surface area contributed by atoms with E-state index in [0.29, 0.717) is 21.3 Å². The van der Waals surface area contributed by atoms with E-state index in [4.69, 9.17) is 26.2 Å². The molecule has 0 bridgehead atoms. The van der Waals surface area contributed by atoms with Crippen LogP contribution in [-0.4, -0.2) is 36.9 Å². The number of ether oxygens (including phenoxy) is 2. The van der Waals surface area contributed by atoms with Crippen LogP contribution in [0, 0.1) is 0 Å². The minimum Gasteiger partial charge on any atom is -0.496 e. The Bertz CT molecular complexity index is 1130. The summed E-state index contributed by atoms with van der Waals surface area (Å²) < 4.78 is 10.9. The van der Waals surface area contributed by atoms with Gasteiger partial charge < -0.3 is 14.6 Å². The zero-order valence-corrected chi connectivity index (χ0v) is 18.0. The number of hydrogen-bond donors (Lipinski definition) is 2. The molecule has 0 heterocycles. The van der Waals surface area contributed by atoms with Crippen molar-refractivity contribution < 1.29 is 24.2 Å². The van der Waals surface area contributed by atoms with E-state index in [2.05, 4.69) is 26.5 Å². The van der Waals surface area contributed by atoms with Gasteiger partial charge in [-0.05, 0) is 56.5 Å². The fourth-order valence-corrected chi connectivity index (χ4v) is 3.71. The first-order valence-corrected chi connectivity index (χ1v) is 9.80. The Morgan fingerprint density at radius 2 is 1.90 bits per heavy atom. The number of hydrogen-bond acceptors (Lipinski definition) is 5. The molecular formula is C21H16BrClN2O5. The number of carboxylic acid groups (broad SMARTS) is 1. The van der Waals surface area contributed by atoms with E-state index in [-0.39, 0.29) is 10.8 Å². The van der Waals surface area contributed by atoms with E-state index in [1.54, 1.807) is 18.2 Å². The summed E-state index contributed by atoms with van der Waals surface area (Å²) in [5.41, 5.74) is 3.39. The molecule has 9 heteroatoms. The van der Waals surface area contributed by atoms with E-state index < -0.39 is 18.5 Å². The van der Waals surface area contributed by atoms with Gasteiger partial charge in [0.05, 0.1) is 28.4 Å². The van der Waals surface area contributed by atoms with E-state index >= 15 is 0 Å². The third-order valence-electron chi connectivity index (χ3n) is 4.05. The van der Waals surface area contributed by atoms with Crippen molar-refractivity contribution in [2.24, 2.45) is 5.10 Å². The molecule has 3 aromatic rings. The molecule has 0 aliphatic heterocycles. The summed E-state index contributed by atoms with van der Waals surface area (Å²) in [7, 11) is 1.50. The normalized spacial score (nSPS) is 10.9. The predicted molar refractivity (Wildman–Crippen MR) is 118 cm³/mol. The highest BCUT2D eigenvalue weighted by Gasteiger charge is 2.14. The largest absolute Gasteiger partial charge is 0.496 e. The molecule has 3 rings (SSSR count). The van der Waals surface area contributed by atoms with Crippen LogP contribution in [0.1, 0.15) is 15.9 Å². The maximum Gasteiger partial charge on any atom is 0.341 e. The number of carbonyl (C=O) groups is 2. The van der Waals surface area contributed by atoms with Gasteiger partial charge in [-0.15, -0.1) is 0 Å². The van der Waals surface area contributed by atoms with Gasteiger partial charge in [-0.25, -0.2) is 10.2 Å². The monoisotopic (exact) mass is 490 g/mol. The first kappa shape index (κ1) is 21.6. The second-order valence-corrected chi connectivity index (χ2v) is 7.36. The number of amides is 1. The van der Waals surface area contributed by atoms with Gasteiger partial charge in [-0.2, -0.15) is 5.10 Å². The van der Waals surface area contributed by atoms with Gasteiger partial charge in [-0.3, -0.25) is 4.79 Å². The number of hydrazone groups is 1. The van der Waals surface area contributed by atoms with Gasteiger partial charge in [0.25, 0.3) is 5.91 Å². The molecule has 1 amide bonds. The van der Waals surface area contributed by atoms with Crippen molar-refractivity contribution in [1.29, 1.82) is 0 Å². The van der Waals surface area contributed by atoms with Crippen molar-refractivity contribution in [3.8, 4) is 11.5 Å². The van der Waals surface area contributed by atoms with E-state index in [0.717, 1.165) is 10.8 Å². The maximum atomic E-state index is 12.6. The molecule has 0 radical (unpaired) electrons. The molecule has 0 saturated carbocycles. The van der Waals surface area contributed by atoms with Crippen LogP contribution in [0.4, 0.5) is 0 Å². The van der Waals surface area contributed by atoms with Crippen molar-refractivity contribution in [3.63, 3.8) is 0 Å². The molecule has 154 valence electrons. The van der Waals surface area contributed by atoms with Crippen LogP contribution in [0.25, 0.3) is 10.8 Å². The number of rotatable bonds is 7. The molecule has 3 aromatic carbocycles. The van der Waals surface area contributed by atoms with E-state index in [9.17, 15) is 9.59 Å². The SMILES string of the molecule is COc1cc2ccccc2cc1C(=O)N/N=C\c1cc(Cl)c(OCC(=O)O)c(Br)c1. The van der Waals surface area contributed by atoms with Crippen LogP contribution in [-0.2, 0) is 4.79 Å². The fraction of sp³-hybridized carbons (Fsp3) is 0.0952. The number of nitrogens with one attached hydrogen (secondary N) is 1. The maximum absolute atomic E-state index is 12.6. The summed E-state index contributed by atoms with van der Waals surface area (Å²) in [5.74, 6) is -0.899. The smallest absolute Gasteiger partial charge is 0.341 e. The molecule has 2 N–H and O–H groups in total. The molecule has 7 nitrogen and oxygen atoms in total. The first-order valence-electron chi connectivity index (χ1n) is 8.63. The van der Waals surface area contributed by atoms with Gasteiger partial charge in [0.2, 0.25) is 0 Å². The van der Waals surface area contributed by atoms with Crippen LogP contribution in [0.2, 0.25) is 5.02 Å². The van der Waals surface area contributed by atoms with Crippen LogP contribution in [0.3, 0.4) is 0 Å². The summed E-state index contributed by atoms with van der Waals surface area (Å²) in [6.45, 7) is -0.518. The topological polar surface area (TPSA) is 97.2 Å². The number of carbonyl (C=O) groups excluding carboxylic acids is 1. The summed E-state index contributed by atoms with van der Waals surface area (Å²) >= 11 is 9.42. The Balaban J connectivity index is 1.76. The van der Waals surface area contributed by atoms with Gasteiger partial charge in [-0.1, -0.05) is 35.9 Å². The molecule has 0 aliphatic carbocycles. The minimum absolute atomic E-state index is 0.203. The van der Waals surface area contributed by atoms with Gasteiger partial charge in [0.15, 0.2) is 12.4 Å². The number of aliphatic carboxylic acids is 1. The molecule has 0 spiro atoms. The lowest BCUT2D eigenvalue weighted by Crippen LogP contribution is -2.18. The second kappa shape index (κ2) is 9.60. The third kappa shape index (κ3) is 5.08. The van der Waals surface area contributed by atoms with Crippen LogP contribution < -0.4 is 14.9 Å². The van der Waals surface area contributed by atoms with Crippen LogP contribution in [0.5, 0.6) is 11.5 Å². The summed E-state index contributed by atoms with van der Waals surface area (Å²) in [6.07, 6.45) is 1.41. The molecule has 0 saturated heterocycles. The Hall–Kier alpha value is -3.10. The number of methoxy groups -OCH3 is 1. The highest BCUT2D eigenvalue weighted by molar-refractivity contribution is 9.10. The predicted octanol–water partition coefficient (Wildman–Crippen LogP) is 4.49. The van der Waals surface area contributed by atoms with Gasteiger partial charge >= 0.3 is 5.97 Å². The summed E-state index contributed by atoms with van der Waals surface area (Å²) in [5, 5.41) is 14.7. The van der Waals surface area contributed by atoms with Crippen molar-refractivity contribution in [3.05, 3.63) is 69.2 Å². The molecule has 0 atom stereocenters. The average molecular weight is 492 g/mol. The average Bonchev–Trinajstić information content (AvgIpc) is 2.71. The molecule has 0 unspecified atom stereocenters. The van der Waals surface area contributed by atoms with Gasteiger partial charge in [0, 0.05) is 0 Å². The summed E-state index contributed by atoms with van der Waals surface area (Å²) in [4.78, 5) is 23.2.